The molecule has 0 radical (unpaired) electrons. The molecule has 3 heterocycles. The summed E-state index contributed by atoms with van der Waals surface area (Å²) in [4.78, 5) is 2.08. The number of halogens is 1. The lowest BCUT2D eigenvalue weighted by molar-refractivity contribution is -0.199. The van der Waals surface area contributed by atoms with Crippen LogP contribution in [0.3, 0.4) is 0 Å². The van der Waals surface area contributed by atoms with Gasteiger partial charge in [0.2, 0.25) is 10.0 Å². The molecular weight excluding hydrogens is 558 g/mol. The van der Waals surface area contributed by atoms with Crippen LogP contribution >= 0.6 is 0 Å². The van der Waals surface area contributed by atoms with E-state index in [0.29, 0.717) is 44.6 Å². The van der Waals surface area contributed by atoms with Gasteiger partial charge in [0.1, 0.15) is 11.4 Å². The molecule has 5 aliphatic rings. The number of hydrogen-bond donors (Lipinski definition) is 1. The summed E-state index contributed by atoms with van der Waals surface area (Å²) in [6.45, 7) is 9.21. The Bertz CT molecular complexity index is 1590. The minimum Gasteiger partial charge on any atom is -0.464 e. The molecule has 1 aromatic heterocycles. The molecule has 5 atom stereocenters. The van der Waals surface area contributed by atoms with E-state index >= 15 is 0 Å². The molecule has 3 aromatic rings. The predicted molar refractivity (Wildman–Crippen MR) is 159 cm³/mol. The monoisotopic (exact) mass is 596 g/mol. The van der Waals surface area contributed by atoms with E-state index in [1.54, 1.807) is 18.4 Å². The molecule has 0 unspecified atom stereocenters. The Kier molecular flexibility index (Phi) is 6.97. The zero-order valence-corrected chi connectivity index (χ0v) is 25.2. The molecule has 3 aliphatic carbocycles. The summed E-state index contributed by atoms with van der Waals surface area (Å²) in [5.74, 6) is -0.876. The number of ether oxygens (including phenoxy) is 1. The Morgan fingerprint density at radius 3 is 2.67 bits per heavy atom. The first-order chi connectivity index (χ1) is 20.0. The number of morpholine rings is 1. The average molecular weight is 597 g/mol. The van der Waals surface area contributed by atoms with E-state index in [4.69, 9.17) is 18.5 Å². The second-order valence-corrected chi connectivity index (χ2v) is 14.9. The summed E-state index contributed by atoms with van der Waals surface area (Å²) < 4.78 is 69.7. The highest BCUT2D eigenvalue weighted by atomic mass is 32.2. The first-order valence-electron chi connectivity index (χ1n) is 14.9. The summed E-state index contributed by atoms with van der Waals surface area (Å²) in [5.41, 5.74) is 2.15. The number of benzene rings is 2. The second kappa shape index (κ2) is 10.3. The number of nitrogens with zero attached hydrogens (tertiary/aromatic N) is 1. The highest BCUT2D eigenvalue weighted by Crippen LogP contribution is 2.65. The van der Waals surface area contributed by atoms with Crippen molar-refractivity contribution in [2.24, 2.45) is 17.3 Å². The van der Waals surface area contributed by atoms with Gasteiger partial charge in [0.05, 0.1) is 42.9 Å². The van der Waals surface area contributed by atoms with E-state index in [-0.39, 0.29) is 17.1 Å². The maximum atomic E-state index is 15.0. The van der Waals surface area contributed by atoms with Gasteiger partial charge >= 0.3 is 7.12 Å². The smallest absolute Gasteiger partial charge is 0.464 e. The molecule has 11 heteroatoms. The van der Waals surface area contributed by atoms with Gasteiger partial charge in [-0.05, 0) is 73.3 Å². The largest absolute Gasteiger partial charge is 0.477 e. The van der Waals surface area contributed by atoms with Crippen LogP contribution in [-0.2, 0) is 36.2 Å². The number of nitrogens with one attached hydrogen (secondary N) is 1. The zero-order chi connectivity index (χ0) is 29.3. The van der Waals surface area contributed by atoms with Gasteiger partial charge in [-0.15, -0.1) is 0 Å². The van der Waals surface area contributed by atoms with E-state index in [0.717, 1.165) is 35.1 Å². The van der Waals surface area contributed by atoms with Crippen molar-refractivity contribution in [3.05, 3.63) is 65.7 Å². The Morgan fingerprint density at radius 1 is 1.10 bits per heavy atom. The molecule has 42 heavy (non-hydrogen) atoms. The van der Waals surface area contributed by atoms with Crippen molar-refractivity contribution in [1.82, 2.24) is 4.72 Å². The molecule has 0 amide bonds. The molecule has 2 saturated heterocycles. The van der Waals surface area contributed by atoms with Crippen LogP contribution in [0.2, 0.25) is 0 Å². The lowest BCUT2D eigenvalue weighted by Gasteiger charge is -2.64. The maximum absolute atomic E-state index is 15.0. The maximum Gasteiger partial charge on any atom is 0.477 e. The Labute approximate surface area is 247 Å². The molecule has 2 aliphatic heterocycles. The molecular formula is C31H38BFN2O6S. The molecule has 224 valence electrons. The van der Waals surface area contributed by atoms with Gasteiger partial charge in [-0.2, -0.15) is 0 Å². The molecule has 3 saturated carbocycles. The lowest BCUT2D eigenvalue weighted by atomic mass is 9.43. The first-order valence-corrected chi connectivity index (χ1v) is 16.6. The highest BCUT2D eigenvalue weighted by molar-refractivity contribution is 7.88. The van der Waals surface area contributed by atoms with Crippen molar-refractivity contribution in [2.75, 3.05) is 31.2 Å². The Morgan fingerprint density at radius 2 is 1.88 bits per heavy atom. The van der Waals surface area contributed by atoms with Crippen molar-refractivity contribution in [1.29, 1.82) is 0 Å². The fourth-order valence-electron chi connectivity index (χ4n) is 7.86. The molecule has 2 bridgehead atoms. The van der Waals surface area contributed by atoms with Gasteiger partial charge in [-0.1, -0.05) is 32.0 Å². The van der Waals surface area contributed by atoms with Crippen molar-refractivity contribution in [3.63, 3.8) is 0 Å². The van der Waals surface area contributed by atoms with E-state index < -0.39 is 40.3 Å². The van der Waals surface area contributed by atoms with E-state index in [9.17, 15) is 12.8 Å². The van der Waals surface area contributed by atoms with Crippen LogP contribution in [-0.4, -0.2) is 59.5 Å². The molecule has 8 rings (SSSR count). The van der Waals surface area contributed by atoms with Gasteiger partial charge in [0, 0.05) is 29.7 Å². The third-order valence-electron chi connectivity index (χ3n) is 10.4. The van der Waals surface area contributed by atoms with Crippen LogP contribution in [0.25, 0.3) is 11.0 Å². The Balaban J connectivity index is 1.16. The Hall–Kier alpha value is -2.44. The van der Waals surface area contributed by atoms with Crippen molar-refractivity contribution >= 4 is 33.8 Å². The first kappa shape index (κ1) is 28.3. The number of sulfonamides is 1. The number of para-hydroxylation sites is 1. The van der Waals surface area contributed by atoms with E-state index in [2.05, 4.69) is 30.4 Å². The summed E-state index contributed by atoms with van der Waals surface area (Å²) in [6.07, 6.45) is 3.86. The highest BCUT2D eigenvalue weighted by Gasteiger charge is 2.68. The summed E-state index contributed by atoms with van der Waals surface area (Å²) in [6, 6.07) is 12.3. The summed E-state index contributed by atoms with van der Waals surface area (Å²) >= 11 is 0. The van der Waals surface area contributed by atoms with Crippen molar-refractivity contribution in [3.8, 4) is 0 Å². The van der Waals surface area contributed by atoms with Crippen molar-refractivity contribution in [2.45, 2.75) is 63.4 Å². The SMILES string of the molecule is CC1(C)[C@@H]2C[C@H]3OB([C@H](Cc4coc5ccccc45)NS(=O)(=O)Cc4cc(N5CCOCC5)ccc4F)O[C@@]3(C)[C@H]1C2. The quantitative estimate of drug-likeness (QED) is 0.377. The molecule has 5 fully saturated rings. The van der Waals surface area contributed by atoms with Crippen LogP contribution in [0.5, 0.6) is 0 Å². The van der Waals surface area contributed by atoms with Crippen molar-refractivity contribution < 1.29 is 31.3 Å². The molecule has 1 N–H and O–H groups in total. The molecule has 8 nitrogen and oxygen atoms in total. The van der Waals surface area contributed by atoms with Gasteiger partial charge in [-0.3, -0.25) is 0 Å². The normalized spacial score (nSPS) is 29.4. The number of rotatable bonds is 8. The van der Waals surface area contributed by atoms with Gasteiger partial charge < -0.3 is 23.4 Å². The summed E-state index contributed by atoms with van der Waals surface area (Å²) in [5, 5.41) is 0.913. The van der Waals surface area contributed by atoms with Crippen LogP contribution in [0.15, 0.2) is 53.1 Å². The average Bonchev–Trinajstić information content (AvgIpc) is 3.54. The summed E-state index contributed by atoms with van der Waals surface area (Å²) in [7, 11) is -4.79. The van der Waals surface area contributed by atoms with E-state index in [1.165, 1.54) is 6.07 Å². The standard InChI is InChI=1S/C31H38BFN2O6S/c1-30(2)22-16-27(30)31(3)28(17-22)40-32(41-31)29(15-20-18-39-26-7-5-4-6-24(20)26)34-42(36,37)19-21-14-23(8-9-25(21)33)35-10-12-38-13-11-35/h4-9,14,18,22,27-29,34H,10-13,15-17,19H2,1-3H3/t22-,27-,28+,29-,31-/m0/s1. The van der Waals surface area contributed by atoms with Crippen LogP contribution in [0.1, 0.15) is 44.7 Å². The second-order valence-electron chi connectivity index (χ2n) is 13.2. The topological polar surface area (TPSA) is 90.2 Å². The van der Waals surface area contributed by atoms with Gasteiger partial charge in [0.15, 0.2) is 0 Å². The predicted octanol–water partition coefficient (Wildman–Crippen LogP) is 4.71. The van der Waals surface area contributed by atoms with E-state index in [1.807, 2.05) is 24.3 Å². The number of fused-ring (bicyclic) bond motifs is 1. The minimum atomic E-state index is -4.00. The van der Waals surface area contributed by atoms with Gasteiger partial charge in [-0.25, -0.2) is 17.5 Å². The van der Waals surface area contributed by atoms with Crippen LogP contribution in [0, 0.1) is 23.1 Å². The number of furan rings is 1. The number of anilines is 1. The number of hydrogen-bond acceptors (Lipinski definition) is 7. The molecule has 2 aromatic carbocycles. The third-order valence-corrected chi connectivity index (χ3v) is 11.7. The molecule has 0 spiro atoms. The zero-order valence-electron chi connectivity index (χ0n) is 24.3. The fourth-order valence-corrected chi connectivity index (χ4v) is 9.23. The lowest BCUT2D eigenvalue weighted by Crippen LogP contribution is -2.65. The fraction of sp³-hybridized carbons (Fsp3) is 0.548. The van der Waals surface area contributed by atoms with Crippen LogP contribution in [0.4, 0.5) is 10.1 Å². The van der Waals surface area contributed by atoms with Gasteiger partial charge in [0.25, 0.3) is 0 Å². The van der Waals surface area contributed by atoms with Crippen LogP contribution < -0.4 is 9.62 Å². The third kappa shape index (κ3) is 4.87. The minimum absolute atomic E-state index is 0.102.